The Morgan fingerprint density at radius 2 is 1.88 bits per heavy atom. The van der Waals surface area contributed by atoms with Crippen LogP contribution in [0.2, 0.25) is 0 Å². The van der Waals surface area contributed by atoms with Crippen LogP contribution in [0, 0.1) is 10.1 Å². The van der Waals surface area contributed by atoms with Gasteiger partial charge >= 0.3 is 5.97 Å². The van der Waals surface area contributed by atoms with E-state index >= 15 is 0 Å². The van der Waals surface area contributed by atoms with E-state index in [1.807, 2.05) is 30.3 Å². The molecule has 1 heterocycles. The molecule has 1 aliphatic rings. The van der Waals surface area contributed by atoms with Crippen LogP contribution in [0.4, 0.5) is 5.69 Å². The van der Waals surface area contributed by atoms with Crippen LogP contribution in [-0.2, 0) is 20.8 Å². The van der Waals surface area contributed by atoms with Gasteiger partial charge in [-0.05, 0) is 17.7 Å². The highest BCUT2D eigenvalue weighted by atomic mass is 16.6. The Morgan fingerprint density at radius 1 is 1.19 bits per heavy atom. The average molecular weight is 357 g/mol. The normalized spacial score (nSPS) is 16.7. The fraction of sp³-hybridized carbons (Fsp3) is 0.316. The van der Waals surface area contributed by atoms with E-state index in [1.165, 1.54) is 24.3 Å². The van der Waals surface area contributed by atoms with Crippen LogP contribution >= 0.6 is 0 Å². The molecule has 1 saturated heterocycles. The predicted molar refractivity (Wildman–Crippen MR) is 92.8 cm³/mol. The number of non-ortho nitro benzene ring substituents is 1. The highest BCUT2D eigenvalue weighted by Gasteiger charge is 2.29. The highest BCUT2D eigenvalue weighted by molar-refractivity contribution is 5.89. The number of ether oxygens (including phenoxy) is 3. The number of carbonyl (C=O) groups is 1. The summed E-state index contributed by atoms with van der Waals surface area (Å²) in [6.45, 7) is 1.34. The molecule has 0 spiro atoms. The van der Waals surface area contributed by atoms with Gasteiger partial charge in [0.05, 0.1) is 36.4 Å². The quantitative estimate of drug-likeness (QED) is 0.296. The van der Waals surface area contributed by atoms with Crippen molar-refractivity contribution in [2.75, 3.05) is 13.2 Å². The summed E-state index contributed by atoms with van der Waals surface area (Å²) in [4.78, 5) is 22.5. The second-order valence-electron chi connectivity index (χ2n) is 6.02. The SMILES string of the molecule is O=C(O[C@@H](COCc1ccccc1)C[C@H]1CO1)c1ccc([N+](=O)[O-])cc1. The fourth-order valence-corrected chi connectivity index (χ4v) is 2.47. The zero-order valence-corrected chi connectivity index (χ0v) is 14.1. The van der Waals surface area contributed by atoms with E-state index in [2.05, 4.69) is 0 Å². The molecular formula is C19H19NO6. The van der Waals surface area contributed by atoms with Gasteiger partial charge in [0.15, 0.2) is 0 Å². The van der Waals surface area contributed by atoms with E-state index in [0.717, 1.165) is 5.56 Å². The Hall–Kier alpha value is -2.77. The molecule has 1 aliphatic heterocycles. The van der Waals surface area contributed by atoms with E-state index in [4.69, 9.17) is 14.2 Å². The Kier molecular flexibility index (Phi) is 5.93. The summed E-state index contributed by atoms with van der Waals surface area (Å²) in [5.74, 6) is -0.533. The van der Waals surface area contributed by atoms with Crippen LogP contribution in [0.15, 0.2) is 54.6 Å². The number of nitrogens with zero attached hydrogens (tertiary/aromatic N) is 1. The Bertz CT molecular complexity index is 742. The number of rotatable bonds is 9. The van der Waals surface area contributed by atoms with Gasteiger partial charge in [-0.3, -0.25) is 10.1 Å². The smallest absolute Gasteiger partial charge is 0.338 e. The highest BCUT2D eigenvalue weighted by Crippen LogP contribution is 2.20. The average Bonchev–Trinajstić information content (AvgIpc) is 3.46. The van der Waals surface area contributed by atoms with Crippen molar-refractivity contribution in [1.29, 1.82) is 0 Å². The molecule has 26 heavy (non-hydrogen) atoms. The largest absolute Gasteiger partial charge is 0.456 e. The molecule has 0 bridgehead atoms. The minimum Gasteiger partial charge on any atom is -0.456 e. The first-order chi connectivity index (χ1) is 12.6. The summed E-state index contributed by atoms with van der Waals surface area (Å²) < 4.78 is 16.4. The second kappa shape index (κ2) is 8.55. The third kappa shape index (κ3) is 5.37. The molecule has 0 amide bonds. The first-order valence-corrected chi connectivity index (χ1v) is 8.30. The fourth-order valence-electron chi connectivity index (χ4n) is 2.47. The number of benzene rings is 2. The number of carbonyl (C=O) groups excluding carboxylic acids is 1. The Labute approximate surface area is 150 Å². The summed E-state index contributed by atoms with van der Waals surface area (Å²) in [5.41, 5.74) is 1.23. The topological polar surface area (TPSA) is 91.2 Å². The van der Waals surface area contributed by atoms with Gasteiger partial charge in [-0.25, -0.2) is 4.79 Å². The number of nitro benzene ring substituents is 1. The molecule has 0 aromatic heterocycles. The Morgan fingerprint density at radius 3 is 2.50 bits per heavy atom. The van der Waals surface area contributed by atoms with Crippen LogP contribution in [0.1, 0.15) is 22.3 Å². The van der Waals surface area contributed by atoms with Gasteiger partial charge < -0.3 is 14.2 Å². The molecule has 2 aromatic carbocycles. The lowest BCUT2D eigenvalue weighted by molar-refractivity contribution is -0.384. The van der Waals surface area contributed by atoms with E-state index in [9.17, 15) is 14.9 Å². The molecule has 0 aliphatic carbocycles. The van der Waals surface area contributed by atoms with Crippen molar-refractivity contribution in [3.05, 3.63) is 75.8 Å². The molecule has 7 heteroatoms. The van der Waals surface area contributed by atoms with Crippen molar-refractivity contribution >= 4 is 11.7 Å². The summed E-state index contributed by atoms with van der Waals surface area (Å²) in [7, 11) is 0. The third-order valence-electron chi connectivity index (χ3n) is 3.93. The second-order valence-corrected chi connectivity index (χ2v) is 6.02. The van der Waals surface area contributed by atoms with Crippen LogP contribution in [0.5, 0.6) is 0 Å². The molecule has 2 atom stereocenters. The first-order valence-electron chi connectivity index (χ1n) is 8.30. The molecule has 0 unspecified atom stereocenters. The van der Waals surface area contributed by atoms with Crippen molar-refractivity contribution < 1.29 is 23.9 Å². The molecule has 7 nitrogen and oxygen atoms in total. The van der Waals surface area contributed by atoms with Gasteiger partial charge in [0.1, 0.15) is 6.10 Å². The number of epoxide rings is 1. The monoisotopic (exact) mass is 357 g/mol. The number of nitro groups is 1. The summed E-state index contributed by atoms with van der Waals surface area (Å²) in [5, 5.41) is 10.7. The van der Waals surface area contributed by atoms with Gasteiger partial charge in [-0.2, -0.15) is 0 Å². The minimum absolute atomic E-state index is 0.0734. The van der Waals surface area contributed by atoms with Crippen LogP contribution in [-0.4, -0.2) is 36.3 Å². The lowest BCUT2D eigenvalue weighted by atomic mass is 10.2. The van der Waals surface area contributed by atoms with Crippen LogP contribution in [0.3, 0.4) is 0 Å². The van der Waals surface area contributed by atoms with E-state index in [-0.39, 0.29) is 24.0 Å². The molecular weight excluding hydrogens is 338 g/mol. The summed E-state index contributed by atoms with van der Waals surface area (Å²) in [6.07, 6.45) is 0.215. The van der Waals surface area contributed by atoms with Crippen molar-refractivity contribution in [1.82, 2.24) is 0 Å². The van der Waals surface area contributed by atoms with Crippen molar-refractivity contribution in [3.63, 3.8) is 0 Å². The summed E-state index contributed by atoms with van der Waals surface area (Å²) >= 11 is 0. The first kappa shape index (κ1) is 18.0. The van der Waals surface area contributed by atoms with Crippen LogP contribution in [0.25, 0.3) is 0 Å². The molecule has 0 saturated carbocycles. The Balaban J connectivity index is 1.54. The van der Waals surface area contributed by atoms with Gasteiger partial charge in [-0.15, -0.1) is 0 Å². The molecule has 0 radical (unpaired) electrons. The lowest BCUT2D eigenvalue weighted by Gasteiger charge is -2.17. The van der Waals surface area contributed by atoms with Crippen molar-refractivity contribution in [3.8, 4) is 0 Å². The van der Waals surface area contributed by atoms with Crippen LogP contribution < -0.4 is 0 Å². The number of esters is 1. The van der Waals surface area contributed by atoms with Gasteiger partial charge in [0.2, 0.25) is 0 Å². The van der Waals surface area contributed by atoms with E-state index in [1.54, 1.807) is 0 Å². The summed E-state index contributed by atoms with van der Waals surface area (Å²) in [6, 6.07) is 15.0. The van der Waals surface area contributed by atoms with Gasteiger partial charge in [0, 0.05) is 18.6 Å². The standard InChI is InChI=1S/C19H19NO6/c21-19(15-6-8-16(9-7-15)20(22)23)26-18(10-17-13-25-17)12-24-11-14-4-2-1-3-5-14/h1-9,17-18H,10-13H2/t17-,18+/m0/s1. The van der Waals surface area contributed by atoms with Crippen molar-refractivity contribution in [2.45, 2.75) is 25.2 Å². The maximum atomic E-state index is 12.3. The van der Waals surface area contributed by atoms with E-state index < -0.39 is 17.0 Å². The third-order valence-corrected chi connectivity index (χ3v) is 3.93. The molecule has 136 valence electrons. The van der Waals surface area contributed by atoms with E-state index in [0.29, 0.717) is 19.6 Å². The molecule has 3 rings (SSSR count). The molecule has 1 fully saturated rings. The number of hydrogen-bond acceptors (Lipinski definition) is 6. The van der Waals surface area contributed by atoms with Crippen molar-refractivity contribution in [2.24, 2.45) is 0 Å². The number of hydrogen-bond donors (Lipinski definition) is 0. The zero-order chi connectivity index (χ0) is 18.4. The lowest BCUT2D eigenvalue weighted by Crippen LogP contribution is -2.25. The maximum absolute atomic E-state index is 12.3. The molecule has 0 N–H and O–H groups in total. The minimum atomic E-state index is -0.533. The molecule has 2 aromatic rings. The van der Waals surface area contributed by atoms with Gasteiger partial charge in [0.25, 0.3) is 5.69 Å². The predicted octanol–water partition coefficient (Wildman–Crippen LogP) is 3.13. The maximum Gasteiger partial charge on any atom is 0.338 e. The zero-order valence-electron chi connectivity index (χ0n) is 14.1. The van der Waals surface area contributed by atoms with Gasteiger partial charge in [-0.1, -0.05) is 30.3 Å².